The van der Waals surface area contributed by atoms with E-state index in [1.54, 1.807) is 0 Å². The van der Waals surface area contributed by atoms with E-state index in [1.807, 2.05) is 11.7 Å². The first-order valence-corrected chi connectivity index (χ1v) is 8.10. The molecule has 1 fully saturated rings. The van der Waals surface area contributed by atoms with Crippen LogP contribution >= 0.6 is 0 Å². The third kappa shape index (κ3) is 4.80. The van der Waals surface area contributed by atoms with Crippen LogP contribution in [0, 0.1) is 13.8 Å². The van der Waals surface area contributed by atoms with Crippen LogP contribution in [-0.4, -0.2) is 60.1 Å². The minimum atomic E-state index is 0.541. The Kier molecular flexibility index (Phi) is 6.21. The van der Waals surface area contributed by atoms with E-state index in [2.05, 4.69) is 36.1 Å². The molecule has 1 atom stereocenters. The number of morpholine rings is 1. The van der Waals surface area contributed by atoms with Gasteiger partial charge in [-0.1, -0.05) is 0 Å². The van der Waals surface area contributed by atoms with Crippen LogP contribution in [0.5, 0.6) is 0 Å². The lowest BCUT2D eigenvalue weighted by atomic mass is 10.1. The number of aromatic nitrogens is 2. The van der Waals surface area contributed by atoms with Crippen molar-refractivity contribution in [1.29, 1.82) is 0 Å². The van der Waals surface area contributed by atoms with Gasteiger partial charge in [-0.3, -0.25) is 9.58 Å². The van der Waals surface area contributed by atoms with Crippen molar-refractivity contribution in [2.75, 3.05) is 39.4 Å². The number of rotatable bonds is 7. The predicted molar refractivity (Wildman–Crippen MR) is 85.7 cm³/mol. The van der Waals surface area contributed by atoms with E-state index in [-0.39, 0.29) is 0 Å². The lowest BCUT2D eigenvalue weighted by molar-refractivity contribution is 0.0344. The smallest absolute Gasteiger partial charge is 0.0628 e. The van der Waals surface area contributed by atoms with Gasteiger partial charge >= 0.3 is 0 Å². The first-order chi connectivity index (χ1) is 10.1. The second kappa shape index (κ2) is 7.92. The summed E-state index contributed by atoms with van der Waals surface area (Å²) in [5, 5.41) is 8.12. The fourth-order valence-electron chi connectivity index (χ4n) is 3.03. The molecule has 1 aliphatic heterocycles. The molecule has 1 aromatic heterocycles. The Hall–Kier alpha value is -0.910. The van der Waals surface area contributed by atoms with Crippen molar-refractivity contribution in [1.82, 2.24) is 20.0 Å². The number of nitrogens with zero attached hydrogens (tertiary/aromatic N) is 3. The first-order valence-electron chi connectivity index (χ1n) is 8.10. The highest BCUT2D eigenvalue weighted by molar-refractivity contribution is 5.24. The molecule has 1 unspecified atom stereocenters. The number of nitrogens with one attached hydrogen (secondary N) is 1. The van der Waals surface area contributed by atoms with Crippen LogP contribution in [0.25, 0.3) is 0 Å². The summed E-state index contributed by atoms with van der Waals surface area (Å²) >= 11 is 0. The molecule has 120 valence electrons. The van der Waals surface area contributed by atoms with Crippen molar-refractivity contribution in [3.8, 4) is 0 Å². The predicted octanol–water partition coefficient (Wildman–Crippen LogP) is 1.28. The lowest BCUT2D eigenvalue weighted by Crippen LogP contribution is -2.44. The number of hydrogen-bond donors (Lipinski definition) is 1. The molecule has 2 rings (SSSR count). The van der Waals surface area contributed by atoms with Crippen LogP contribution in [0.15, 0.2) is 0 Å². The van der Waals surface area contributed by atoms with E-state index in [1.165, 1.54) is 23.4 Å². The van der Waals surface area contributed by atoms with Crippen molar-refractivity contribution < 1.29 is 4.74 Å². The minimum absolute atomic E-state index is 0.541. The van der Waals surface area contributed by atoms with Crippen molar-refractivity contribution in [3.63, 3.8) is 0 Å². The van der Waals surface area contributed by atoms with Crippen molar-refractivity contribution >= 4 is 0 Å². The molecule has 0 bridgehead atoms. The molecule has 0 aromatic carbocycles. The molecule has 0 saturated carbocycles. The summed E-state index contributed by atoms with van der Waals surface area (Å²) in [6.07, 6.45) is 2.28. The molecule has 0 aliphatic carbocycles. The normalized spacial score (nSPS) is 18.1. The molecule has 1 aromatic rings. The van der Waals surface area contributed by atoms with Gasteiger partial charge in [0.25, 0.3) is 0 Å². The molecule has 0 radical (unpaired) electrons. The van der Waals surface area contributed by atoms with Crippen LogP contribution in [0.1, 0.15) is 30.3 Å². The minimum Gasteiger partial charge on any atom is -0.379 e. The van der Waals surface area contributed by atoms with Gasteiger partial charge < -0.3 is 10.1 Å². The standard InChI is InChI=1S/C16H30N4O/c1-13(12-20-8-10-21-11-9-20)17-7-5-6-16-14(2)18-19(4)15(16)3/h13,17H,5-12H2,1-4H3. The molecule has 0 spiro atoms. The summed E-state index contributed by atoms with van der Waals surface area (Å²) in [5.74, 6) is 0. The summed E-state index contributed by atoms with van der Waals surface area (Å²) in [4.78, 5) is 2.48. The Labute approximate surface area is 128 Å². The zero-order valence-electron chi connectivity index (χ0n) is 14.0. The van der Waals surface area contributed by atoms with Gasteiger partial charge in [0.15, 0.2) is 0 Å². The quantitative estimate of drug-likeness (QED) is 0.769. The molecule has 21 heavy (non-hydrogen) atoms. The molecular weight excluding hydrogens is 264 g/mol. The van der Waals surface area contributed by atoms with E-state index >= 15 is 0 Å². The second-order valence-electron chi connectivity index (χ2n) is 6.14. The summed E-state index contributed by atoms with van der Waals surface area (Å²) in [6.45, 7) is 12.6. The van der Waals surface area contributed by atoms with E-state index in [4.69, 9.17) is 4.74 Å². The Morgan fingerprint density at radius 3 is 2.62 bits per heavy atom. The Bertz CT molecular complexity index is 438. The first kappa shape index (κ1) is 16.5. The molecule has 5 nitrogen and oxygen atoms in total. The van der Waals surface area contributed by atoms with Crippen molar-refractivity contribution in [3.05, 3.63) is 17.0 Å². The summed E-state index contributed by atoms with van der Waals surface area (Å²) < 4.78 is 7.37. The highest BCUT2D eigenvalue weighted by Crippen LogP contribution is 2.13. The maximum absolute atomic E-state index is 5.38. The lowest BCUT2D eigenvalue weighted by Gasteiger charge is -2.29. The van der Waals surface area contributed by atoms with Gasteiger partial charge in [0.2, 0.25) is 0 Å². The Balaban J connectivity index is 1.64. The van der Waals surface area contributed by atoms with Crippen molar-refractivity contribution in [2.45, 2.75) is 39.7 Å². The van der Waals surface area contributed by atoms with Crippen LogP contribution in [-0.2, 0) is 18.2 Å². The molecule has 5 heteroatoms. The van der Waals surface area contributed by atoms with Gasteiger partial charge in [-0.05, 0) is 45.7 Å². The topological polar surface area (TPSA) is 42.3 Å². The van der Waals surface area contributed by atoms with Crippen LogP contribution in [0.2, 0.25) is 0 Å². The second-order valence-corrected chi connectivity index (χ2v) is 6.14. The van der Waals surface area contributed by atoms with Gasteiger partial charge in [-0.2, -0.15) is 5.10 Å². The zero-order chi connectivity index (χ0) is 15.2. The van der Waals surface area contributed by atoms with Gasteiger partial charge in [0.1, 0.15) is 0 Å². The average Bonchev–Trinajstić information content (AvgIpc) is 2.70. The number of hydrogen-bond acceptors (Lipinski definition) is 4. The number of aryl methyl sites for hydroxylation is 2. The third-order valence-electron chi connectivity index (χ3n) is 4.39. The van der Waals surface area contributed by atoms with E-state index < -0.39 is 0 Å². The van der Waals surface area contributed by atoms with E-state index in [0.29, 0.717) is 6.04 Å². The van der Waals surface area contributed by atoms with Gasteiger partial charge in [-0.25, -0.2) is 0 Å². The van der Waals surface area contributed by atoms with Gasteiger partial charge in [-0.15, -0.1) is 0 Å². The van der Waals surface area contributed by atoms with Crippen LogP contribution in [0.3, 0.4) is 0 Å². The fourth-order valence-corrected chi connectivity index (χ4v) is 3.03. The fraction of sp³-hybridized carbons (Fsp3) is 0.812. The summed E-state index contributed by atoms with van der Waals surface area (Å²) in [6, 6.07) is 0.541. The largest absolute Gasteiger partial charge is 0.379 e. The van der Waals surface area contributed by atoms with Crippen LogP contribution in [0.4, 0.5) is 0 Å². The van der Waals surface area contributed by atoms with Gasteiger partial charge in [0.05, 0.1) is 18.9 Å². The molecular formula is C16H30N4O. The Morgan fingerprint density at radius 2 is 2.00 bits per heavy atom. The molecule has 0 amide bonds. The van der Waals surface area contributed by atoms with Crippen molar-refractivity contribution in [2.24, 2.45) is 7.05 Å². The van der Waals surface area contributed by atoms with E-state index in [9.17, 15) is 0 Å². The SMILES string of the molecule is Cc1nn(C)c(C)c1CCCNC(C)CN1CCOCC1. The summed E-state index contributed by atoms with van der Waals surface area (Å²) in [5.41, 5.74) is 3.89. The summed E-state index contributed by atoms with van der Waals surface area (Å²) in [7, 11) is 2.02. The Morgan fingerprint density at radius 1 is 1.29 bits per heavy atom. The molecule has 1 N–H and O–H groups in total. The maximum atomic E-state index is 5.38. The van der Waals surface area contributed by atoms with Gasteiger partial charge in [0, 0.05) is 38.4 Å². The highest BCUT2D eigenvalue weighted by atomic mass is 16.5. The monoisotopic (exact) mass is 294 g/mol. The molecule has 1 saturated heterocycles. The number of ether oxygens (including phenoxy) is 1. The van der Waals surface area contributed by atoms with E-state index in [0.717, 1.165) is 45.8 Å². The maximum Gasteiger partial charge on any atom is 0.0628 e. The van der Waals surface area contributed by atoms with Crippen LogP contribution < -0.4 is 5.32 Å². The molecule has 2 heterocycles. The average molecular weight is 294 g/mol. The third-order valence-corrected chi connectivity index (χ3v) is 4.39. The molecule has 1 aliphatic rings. The zero-order valence-corrected chi connectivity index (χ0v) is 14.0. The highest BCUT2D eigenvalue weighted by Gasteiger charge is 2.13.